The average Bonchev–Trinajstić information content (AvgIpc) is 2.73. The van der Waals surface area contributed by atoms with Crippen LogP contribution in [-0.4, -0.2) is 35.9 Å². The first-order valence-corrected chi connectivity index (χ1v) is 10.6. The maximum Gasteiger partial charge on any atom is 0.261 e. The Morgan fingerprint density at radius 2 is 1.77 bits per heavy atom. The van der Waals surface area contributed by atoms with Gasteiger partial charge in [0.05, 0.1) is 0 Å². The number of amides is 2. The lowest BCUT2D eigenvalue weighted by atomic mass is 10.1. The van der Waals surface area contributed by atoms with Gasteiger partial charge in [-0.05, 0) is 48.9 Å². The minimum absolute atomic E-state index is 0.106. The third-order valence-corrected chi connectivity index (χ3v) is 4.96. The lowest BCUT2D eigenvalue weighted by molar-refractivity contribution is -0.143. The van der Waals surface area contributed by atoms with Gasteiger partial charge in [0.15, 0.2) is 6.61 Å². The molecule has 0 saturated heterocycles. The van der Waals surface area contributed by atoms with E-state index < -0.39 is 6.04 Å². The van der Waals surface area contributed by atoms with E-state index in [1.165, 1.54) is 0 Å². The normalized spacial score (nSPS) is 11.8. The van der Waals surface area contributed by atoms with Crippen LogP contribution in [0.5, 0.6) is 5.75 Å². The van der Waals surface area contributed by atoms with Crippen molar-refractivity contribution in [2.24, 2.45) is 5.92 Å². The van der Waals surface area contributed by atoms with E-state index in [-0.39, 0.29) is 18.4 Å². The molecule has 2 rings (SSSR count). The minimum Gasteiger partial charge on any atom is -0.483 e. The molecule has 0 unspecified atom stereocenters. The van der Waals surface area contributed by atoms with Crippen LogP contribution in [0.3, 0.4) is 0 Å². The lowest BCUT2D eigenvalue weighted by Crippen LogP contribution is -2.50. The quantitative estimate of drug-likeness (QED) is 0.637. The van der Waals surface area contributed by atoms with Gasteiger partial charge in [-0.3, -0.25) is 9.59 Å². The summed E-state index contributed by atoms with van der Waals surface area (Å²) in [5.74, 6) is 0.714. The summed E-state index contributed by atoms with van der Waals surface area (Å²) in [6.45, 7) is 10.8. The number of nitrogens with one attached hydrogen (secondary N) is 1. The predicted octanol–water partition coefficient (Wildman–Crippen LogP) is 4.26. The summed E-state index contributed by atoms with van der Waals surface area (Å²) in [5.41, 5.74) is 3.03. The Hall–Kier alpha value is -2.82. The Balaban J connectivity index is 2.19. The molecule has 162 valence electrons. The van der Waals surface area contributed by atoms with Crippen molar-refractivity contribution in [3.63, 3.8) is 0 Å². The highest BCUT2D eigenvalue weighted by Crippen LogP contribution is 2.20. The standard InChI is InChI=1S/C25H34N2O3/c1-6-22(25(29)26-15-18(2)3)27(16-21-10-8-7-9-11-21)24(28)17-30-23-14-19(4)12-13-20(23)5/h7-14,18,22H,6,15-17H2,1-5H3,(H,26,29)/t22-/m1/s1. The van der Waals surface area contributed by atoms with Crippen molar-refractivity contribution in [1.29, 1.82) is 0 Å². The zero-order chi connectivity index (χ0) is 22.1. The maximum atomic E-state index is 13.2. The molecule has 2 aromatic rings. The van der Waals surface area contributed by atoms with Crippen molar-refractivity contribution in [1.82, 2.24) is 10.2 Å². The molecule has 5 nitrogen and oxygen atoms in total. The smallest absolute Gasteiger partial charge is 0.261 e. The molecule has 1 N–H and O–H groups in total. The van der Waals surface area contributed by atoms with E-state index >= 15 is 0 Å². The van der Waals surface area contributed by atoms with Crippen LogP contribution in [0.1, 0.15) is 43.9 Å². The molecule has 2 aromatic carbocycles. The number of ether oxygens (including phenoxy) is 1. The first-order valence-electron chi connectivity index (χ1n) is 10.6. The molecule has 1 atom stereocenters. The molecule has 30 heavy (non-hydrogen) atoms. The topological polar surface area (TPSA) is 58.6 Å². The van der Waals surface area contributed by atoms with Gasteiger partial charge < -0.3 is 15.0 Å². The number of aryl methyl sites for hydroxylation is 2. The van der Waals surface area contributed by atoms with E-state index in [1.54, 1.807) is 4.90 Å². The maximum absolute atomic E-state index is 13.2. The van der Waals surface area contributed by atoms with Gasteiger partial charge in [0.2, 0.25) is 5.91 Å². The SMILES string of the molecule is CC[C@H](C(=O)NCC(C)C)N(Cc1ccccc1)C(=O)COc1cc(C)ccc1C. The third-order valence-electron chi connectivity index (χ3n) is 4.96. The van der Waals surface area contributed by atoms with Gasteiger partial charge in [0.25, 0.3) is 5.91 Å². The fraction of sp³-hybridized carbons (Fsp3) is 0.440. The summed E-state index contributed by atoms with van der Waals surface area (Å²) in [5, 5.41) is 2.97. The van der Waals surface area contributed by atoms with Crippen LogP contribution in [0.15, 0.2) is 48.5 Å². The van der Waals surface area contributed by atoms with E-state index in [0.29, 0.717) is 31.2 Å². The van der Waals surface area contributed by atoms with E-state index in [2.05, 4.69) is 5.32 Å². The largest absolute Gasteiger partial charge is 0.483 e. The highest BCUT2D eigenvalue weighted by atomic mass is 16.5. The number of hydrogen-bond acceptors (Lipinski definition) is 3. The van der Waals surface area contributed by atoms with Gasteiger partial charge >= 0.3 is 0 Å². The van der Waals surface area contributed by atoms with Crippen molar-refractivity contribution in [2.75, 3.05) is 13.2 Å². The van der Waals surface area contributed by atoms with Gasteiger partial charge in [0, 0.05) is 13.1 Å². The van der Waals surface area contributed by atoms with Gasteiger partial charge in [-0.15, -0.1) is 0 Å². The first kappa shape index (κ1) is 23.5. The molecule has 2 amide bonds. The predicted molar refractivity (Wildman–Crippen MR) is 120 cm³/mol. The zero-order valence-electron chi connectivity index (χ0n) is 18.8. The van der Waals surface area contributed by atoms with Crippen molar-refractivity contribution in [2.45, 2.75) is 53.6 Å². The molecule has 0 aromatic heterocycles. The number of carbonyl (C=O) groups excluding carboxylic acids is 2. The fourth-order valence-corrected chi connectivity index (χ4v) is 3.21. The van der Waals surface area contributed by atoms with E-state index in [1.807, 2.05) is 83.1 Å². The van der Waals surface area contributed by atoms with Crippen molar-refractivity contribution >= 4 is 11.8 Å². The summed E-state index contributed by atoms with van der Waals surface area (Å²) in [4.78, 5) is 27.7. The van der Waals surface area contributed by atoms with Crippen molar-refractivity contribution < 1.29 is 14.3 Å². The molecular formula is C25H34N2O3. The van der Waals surface area contributed by atoms with Gasteiger partial charge in [-0.25, -0.2) is 0 Å². The van der Waals surface area contributed by atoms with Crippen molar-refractivity contribution in [3.8, 4) is 5.75 Å². The van der Waals surface area contributed by atoms with Crippen LogP contribution in [0.2, 0.25) is 0 Å². The second-order valence-corrected chi connectivity index (χ2v) is 8.13. The molecule has 0 radical (unpaired) electrons. The Labute approximate surface area is 180 Å². The molecule has 0 aliphatic carbocycles. The van der Waals surface area contributed by atoms with Gasteiger partial charge in [-0.1, -0.05) is 63.2 Å². The van der Waals surface area contributed by atoms with Gasteiger partial charge in [-0.2, -0.15) is 0 Å². The average molecular weight is 411 g/mol. The Bertz CT molecular complexity index is 834. The number of rotatable bonds is 10. The lowest BCUT2D eigenvalue weighted by Gasteiger charge is -2.31. The monoisotopic (exact) mass is 410 g/mol. The molecule has 0 aliphatic rings. The minimum atomic E-state index is -0.543. The zero-order valence-corrected chi connectivity index (χ0v) is 18.8. The van der Waals surface area contributed by atoms with Crippen LogP contribution in [0.4, 0.5) is 0 Å². The molecule has 0 saturated carbocycles. The molecule has 0 heterocycles. The van der Waals surface area contributed by atoms with Crippen molar-refractivity contribution in [3.05, 3.63) is 65.2 Å². The van der Waals surface area contributed by atoms with E-state index in [0.717, 1.165) is 16.7 Å². The highest BCUT2D eigenvalue weighted by molar-refractivity contribution is 5.88. The van der Waals surface area contributed by atoms with E-state index in [4.69, 9.17) is 4.74 Å². The summed E-state index contributed by atoms with van der Waals surface area (Å²) in [7, 11) is 0. The second kappa shape index (κ2) is 11.4. The first-order chi connectivity index (χ1) is 14.3. The molecule has 0 aliphatic heterocycles. The summed E-state index contributed by atoms with van der Waals surface area (Å²) < 4.78 is 5.85. The number of nitrogens with zero attached hydrogens (tertiary/aromatic N) is 1. The van der Waals surface area contributed by atoms with Crippen LogP contribution in [-0.2, 0) is 16.1 Å². The number of hydrogen-bond donors (Lipinski definition) is 1. The van der Waals surface area contributed by atoms with Crippen LogP contribution >= 0.6 is 0 Å². The Morgan fingerprint density at radius 3 is 2.40 bits per heavy atom. The number of benzene rings is 2. The highest BCUT2D eigenvalue weighted by Gasteiger charge is 2.29. The summed E-state index contributed by atoms with van der Waals surface area (Å²) in [6, 6.07) is 15.1. The molecular weight excluding hydrogens is 376 g/mol. The molecule has 5 heteroatoms. The second-order valence-electron chi connectivity index (χ2n) is 8.13. The Kier molecular flexibility index (Phi) is 8.90. The van der Waals surface area contributed by atoms with Crippen LogP contribution < -0.4 is 10.1 Å². The van der Waals surface area contributed by atoms with Crippen LogP contribution in [0, 0.1) is 19.8 Å². The Morgan fingerprint density at radius 1 is 1.07 bits per heavy atom. The molecule has 0 bridgehead atoms. The van der Waals surface area contributed by atoms with E-state index in [9.17, 15) is 9.59 Å². The fourth-order valence-electron chi connectivity index (χ4n) is 3.21. The van der Waals surface area contributed by atoms with Gasteiger partial charge in [0.1, 0.15) is 11.8 Å². The van der Waals surface area contributed by atoms with Crippen LogP contribution in [0.25, 0.3) is 0 Å². The third kappa shape index (κ3) is 6.90. The molecule has 0 spiro atoms. The summed E-state index contributed by atoms with van der Waals surface area (Å²) >= 11 is 0. The summed E-state index contributed by atoms with van der Waals surface area (Å²) in [6.07, 6.45) is 0.534. The number of carbonyl (C=O) groups is 2. The molecule has 0 fully saturated rings.